The highest BCUT2D eigenvalue weighted by atomic mass is 35.5. The molecule has 1 aromatic carbocycles. The lowest BCUT2D eigenvalue weighted by atomic mass is 9.75. The van der Waals surface area contributed by atoms with Crippen molar-refractivity contribution in [3.63, 3.8) is 0 Å². The molecule has 0 radical (unpaired) electrons. The monoisotopic (exact) mass is 297 g/mol. The van der Waals surface area contributed by atoms with Crippen LogP contribution in [0.4, 0.5) is 4.39 Å². The largest absolute Gasteiger partial charge is 0.321 e. The lowest BCUT2D eigenvalue weighted by Gasteiger charge is -2.32. The molecular formula is C17H25ClFN. The van der Waals surface area contributed by atoms with Crippen molar-refractivity contribution in [1.82, 2.24) is 0 Å². The van der Waals surface area contributed by atoms with E-state index in [-0.39, 0.29) is 5.82 Å². The summed E-state index contributed by atoms with van der Waals surface area (Å²) in [6.45, 7) is 6.85. The number of hydrogen-bond donors (Lipinski definition) is 1. The van der Waals surface area contributed by atoms with Crippen molar-refractivity contribution in [2.75, 3.05) is 0 Å². The van der Waals surface area contributed by atoms with E-state index in [0.29, 0.717) is 21.9 Å². The summed E-state index contributed by atoms with van der Waals surface area (Å²) < 4.78 is 14.2. The second-order valence-corrected chi connectivity index (χ2v) is 7.71. The molecule has 20 heavy (non-hydrogen) atoms. The molecule has 0 heterocycles. The minimum atomic E-state index is -0.547. The van der Waals surface area contributed by atoms with Crippen molar-refractivity contribution in [2.45, 2.75) is 58.4 Å². The van der Waals surface area contributed by atoms with Gasteiger partial charge in [-0.1, -0.05) is 44.9 Å². The lowest BCUT2D eigenvalue weighted by molar-refractivity contribution is 0.210. The molecule has 0 aliphatic heterocycles. The SMILES string of the molecule is CC(C)(C)C1CCCC(N)(c2ccc(Cl)cc2F)CC1. The maximum atomic E-state index is 14.2. The predicted molar refractivity (Wildman–Crippen MR) is 83.3 cm³/mol. The van der Waals surface area contributed by atoms with Crippen LogP contribution in [0.25, 0.3) is 0 Å². The van der Waals surface area contributed by atoms with Crippen LogP contribution in [0.2, 0.25) is 5.02 Å². The second kappa shape index (κ2) is 5.65. The average Bonchev–Trinajstić information content (AvgIpc) is 2.51. The number of nitrogens with two attached hydrogens (primary N) is 1. The van der Waals surface area contributed by atoms with Gasteiger partial charge in [0.25, 0.3) is 0 Å². The Balaban J connectivity index is 2.23. The Kier molecular flexibility index (Phi) is 4.46. The van der Waals surface area contributed by atoms with Crippen LogP contribution in [-0.2, 0) is 5.54 Å². The Labute approximate surface area is 126 Å². The molecule has 0 bridgehead atoms. The Morgan fingerprint density at radius 2 is 1.95 bits per heavy atom. The molecular weight excluding hydrogens is 273 g/mol. The zero-order chi connectivity index (χ0) is 15.0. The van der Waals surface area contributed by atoms with Gasteiger partial charge in [-0.25, -0.2) is 4.39 Å². The molecule has 1 aliphatic carbocycles. The van der Waals surface area contributed by atoms with E-state index in [2.05, 4.69) is 20.8 Å². The van der Waals surface area contributed by atoms with Crippen molar-refractivity contribution in [3.8, 4) is 0 Å². The van der Waals surface area contributed by atoms with E-state index in [9.17, 15) is 4.39 Å². The molecule has 2 rings (SSSR count). The highest BCUT2D eigenvalue weighted by Gasteiger charge is 2.36. The van der Waals surface area contributed by atoms with Crippen LogP contribution in [0.15, 0.2) is 18.2 Å². The summed E-state index contributed by atoms with van der Waals surface area (Å²) in [6, 6.07) is 4.87. The fourth-order valence-corrected chi connectivity index (χ4v) is 3.55. The molecule has 1 fully saturated rings. The van der Waals surface area contributed by atoms with E-state index in [0.717, 1.165) is 25.7 Å². The van der Waals surface area contributed by atoms with Gasteiger partial charge in [0.05, 0.1) is 0 Å². The Morgan fingerprint density at radius 1 is 1.25 bits per heavy atom. The summed E-state index contributed by atoms with van der Waals surface area (Å²) >= 11 is 5.84. The molecule has 0 aromatic heterocycles. The molecule has 3 heteroatoms. The van der Waals surface area contributed by atoms with Crippen molar-refractivity contribution in [2.24, 2.45) is 17.1 Å². The van der Waals surface area contributed by atoms with Crippen molar-refractivity contribution < 1.29 is 4.39 Å². The Bertz CT molecular complexity index is 480. The van der Waals surface area contributed by atoms with Crippen LogP contribution < -0.4 is 5.73 Å². The van der Waals surface area contributed by atoms with Gasteiger partial charge in [-0.3, -0.25) is 0 Å². The van der Waals surface area contributed by atoms with E-state index in [1.165, 1.54) is 12.5 Å². The summed E-state index contributed by atoms with van der Waals surface area (Å²) in [6.07, 6.45) is 4.98. The smallest absolute Gasteiger partial charge is 0.129 e. The van der Waals surface area contributed by atoms with Gasteiger partial charge in [0.1, 0.15) is 5.82 Å². The number of benzene rings is 1. The Hall–Kier alpha value is -0.600. The van der Waals surface area contributed by atoms with Gasteiger partial charge >= 0.3 is 0 Å². The van der Waals surface area contributed by atoms with Crippen LogP contribution in [0, 0.1) is 17.2 Å². The second-order valence-electron chi connectivity index (χ2n) is 7.27. The molecule has 112 valence electrons. The van der Waals surface area contributed by atoms with Crippen molar-refractivity contribution in [3.05, 3.63) is 34.6 Å². The van der Waals surface area contributed by atoms with Gasteiger partial charge < -0.3 is 5.73 Å². The van der Waals surface area contributed by atoms with Crippen molar-refractivity contribution >= 4 is 11.6 Å². The first kappa shape index (κ1) is 15.8. The maximum absolute atomic E-state index is 14.2. The fraction of sp³-hybridized carbons (Fsp3) is 0.647. The first-order valence-corrected chi connectivity index (χ1v) is 7.84. The van der Waals surface area contributed by atoms with E-state index in [1.54, 1.807) is 12.1 Å². The normalized spacial score (nSPS) is 28.2. The summed E-state index contributed by atoms with van der Waals surface area (Å²) in [4.78, 5) is 0. The molecule has 1 aliphatic rings. The summed E-state index contributed by atoms with van der Waals surface area (Å²) in [5.41, 5.74) is 6.92. The highest BCUT2D eigenvalue weighted by Crippen LogP contribution is 2.42. The van der Waals surface area contributed by atoms with Crippen LogP contribution in [-0.4, -0.2) is 0 Å². The quantitative estimate of drug-likeness (QED) is 0.703. The van der Waals surface area contributed by atoms with Crippen LogP contribution in [0.5, 0.6) is 0 Å². The summed E-state index contributed by atoms with van der Waals surface area (Å²) in [5, 5.41) is 0.427. The molecule has 0 spiro atoms. The maximum Gasteiger partial charge on any atom is 0.129 e. The number of rotatable bonds is 1. The van der Waals surface area contributed by atoms with Gasteiger partial charge in [0, 0.05) is 16.1 Å². The fourth-order valence-electron chi connectivity index (χ4n) is 3.39. The minimum Gasteiger partial charge on any atom is -0.321 e. The first-order chi connectivity index (χ1) is 9.22. The molecule has 0 amide bonds. The molecule has 1 nitrogen and oxygen atoms in total. The first-order valence-electron chi connectivity index (χ1n) is 7.47. The third kappa shape index (κ3) is 3.35. The zero-order valence-corrected chi connectivity index (χ0v) is 13.4. The van der Waals surface area contributed by atoms with Crippen LogP contribution in [0.3, 0.4) is 0 Å². The topological polar surface area (TPSA) is 26.0 Å². The highest BCUT2D eigenvalue weighted by molar-refractivity contribution is 6.30. The van der Waals surface area contributed by atoms with Gasteiger partial charge in [0.15, 0.2) is 0 Å². The molecule has 1 saturated carbocycles. The molecule has 2 N–H and O–H groups in total. The van der Waals surface area contributed by atoms with Gasteiger partial charge in [-0.2, -0.15) is 0 Å². The lowest BCUT2D eigenvalue weighted by Crippen LogP contribution is -2.37. The van der Waals surface area contributed by atoms with Crippen LogP contribution >= 0.6 is 11.6 Å². The van der Waals surface area contributed by atoms with Crippen molar-refractivity contribution in [1.29, 1.82) is 0 Å². The summed E-state index contributed by atoms with van der Waals surface area (Å²) in [5.74, 6) is 0.387. The van der Waals surface area contributed by atoms with Gasteiger partial charge in [-0.15, -0.1) is 0 Å². The standard InChI is InChI=1S/C17H25ClFN/c1-16(2,3)12-5-4-9-17(20,10-8-12)14-7-6-13(18)11-15(14)19/h6-7,11-12H,4-5,8-10,20H2,1-3H3. The van der Waals surface area contributed by atoms with E-state index in [4.69, 9.17) is 17.3 Å². The van der Waals surface area contributed by atoms with Gasteiger partial charge in [0.2, 0.25) is 0 Å². The van der Waals surface area contributed by atoms with E-state index >= 15 is 0 Å². The van der Waals surface area contributed by atoms with E-state index in [1.807, 2.05) is 0 Å². The van der Waals surface area contributed by atoms with Crippen LogP contribution in [0.1, 0.15) is 58.4 Å². The molecule has 2 unspecified atom stereocenters. The third-order valence-electron chi connectivity index (χ3n) is 4.81. The zero-order valence-electron chi connectivity index (χ0n) is 12.7. The number of hydrogen-bond acceptors (Lipinski definition) is 1. The molecule has 1 aromatic rings. The average molecular weight is 298 g/mol. The molecule has 2 atom stereocenters. The number of halogens is 2. The molecule has 0 saturated heterocycles. The van der Waals surface area contributed by atoms with Gasteiger partial charge in [-0.05, 0) is 49.1 Å². The third-order valence-corrected chi connectivity index (χ3v) is 5.04. The summed E-state index contributed by atoms with van der Waals surface area (Å²) in [7, 11) is 0. The predicted octanol–water partition coefficient (Wildman–Crippen LogP) is 5.26. The minimum absolute atomic E-state index is 0.269. The Morgan fingerprint density at radius 3 is 2.55 bits per heavy atom. The van der Waals surface area contributed by atoms with E-state index < -0.39 is 5.54 Å².